The van der Waals surface area contributed by atoms with E-state index in [2.05, 4.69) is 26.6 Å². The van der Waals surface area contributed by atoms with E-state index in [-0.39, 0.29) is 44.2 Å². The van der Waals surface area contributed by atoms with Crippen LogP contribution in [-0.4, -0.2) is 112 Å². The van der Waals surface area contributed by atoms with E-state index in [0.717, 1.165) is 5.56 Å². The number of rotatable bonds is 9. The first-order valence-corrected chi connectivity index (χ1v) is 20.0. The van der Waals surface area contributed by atoms with Crippen LogP contribution in [-0.2, 0) is 44.8 Å². The van der Waals surface area contributed by atoms with Crippen molar-refractivity contribution in [2.45, 2.75) is 135 Å². The van der Waals surface area contributed by atoms with E-state index in [1.807, 2.05) is 33.8 Å². The molecule has 0 aliphatic carbocycles. The number of benzene rings is 1. The minimum absolute atomic E-state index is 0.0315. The van der Waals surface area contributed by atoms with Gasteiger partial charge >= 0.3 is 0 Å². The SMILES string of the molecule is CCC(C)[C@@H]1NC(=O)[C@H](Cc2ccccc2)NC(=O)[C@@H]2CCCN2C(=O)[C@H](CC(N)=O)NC(=O)[C@H](C(C)C)NC(=O)[C@@H]2CCCN2C(=O)[C@H](CC(C)C)NC1=O. The molecule has 3 heterocycles. The standard InChI is InChI=1S/C40H60N8O8/c1-7-24(6)33-38(54)43-27(19-22(2)3)39(55)48-18-12-16-30(48)36(52)45-32(23(4)5)37(53)44-28(21-31(41)49)40(56)47-17-11-15-29(47)35(51)42-26(34(50)46-33)20-25-13-9-8-10-14-25/h8-10,13-14,22-24,26-30,32-33H,7,11-12,15-21H2,1-6H3,(H2,41,49)(H,42,51)(H,43,54)(H,44,53)(H,45,52)(H,46,50)/t24?,26-,27-,28-,29-,30-,32-,33-/m0/s1. The Bertz CT molecular complexity index is 1620. The minimum Gasteiger partial charge on any atom is -0.370 e. The number of nitrogens with two attached hydrogens (primary N) is 1. The van der Waals surface area contributed by atoms with Crippen molar-refractivity contribution in [1.82, 2.24) is 36.4 Å². The van der Waals surface area contributed by atoms with Crippen molar-refractivity contribution in [3.63, 3.8) is 0 Å². The predicted octanol–water partition coefficient (Wildman–Crippen LogP) is 0.272. The van der Waals surface area contributed by atoms with E-state index < -0.39 is 102 Å². The summed E-state index contributed by atoms with van der Waals surface area (Å²) in [6.45, 7) is 11.3. The highest BCUT2D eigenvalue weighted by Gasteiger charge is 2.43. The maximum absolute atomic E-state index is 14.3. The Morgan fingerprint density at radius 1 is 0.679 bits per heavy atom. The molecule has 8 atom stereocenters. The lowest BCUT2D eigenvalue weighted by atomic mass is 9.95. The van der Waals surface area contributed by atoms with Crippen molar-refractivity contribution in [2.75, 3.05) is 13.1 Å². The molecule has 1 aromatic carbocycles. The number of carbonyl (C=O) groups excluding carboxylic acids is 8. The smallest absolute Gasteiger partial charge is 0.246 e. The van der Waals surface area contributed by atoms with Crippen LogP contribution in [0.3, 0.4) is 0 Å². The molecule has 1 unspecified atom stereocenters. The molecule has 7 N–H and O–H groups in total. The molecule has 0 radical (unpaired) electrons. The van der Waals surface area contributed by atoms with E-state index in [9.17, 15) is 38.4 Å². The van der Waals surface area contributed by atoms with E-state index in [4.69, 9.17) is 5.73 Å². The summed E-state index contributed by atoms with van der Waals surface area (Å²) in [6.07, 6.45) is 1.78. The van der Waals surface area contributed by atoms with Gasteiger partial charge in [-0.3, -0.25) is 38.4 Å². The van der Waals surface area contributed by atoms with E-state index in [0.29, 0.717) is 25.7 Å². The number of carbonyl (C=O) groups is 8. The molecule has 4 rings (SSSR count). The van der Waals surface area contributed by atoms with Crippen LogP contribution in [0.4, 0.5) is 0 Å². The fourth-order valence-corrected chi connectivity index (χ4v) is 7.69. The van der Waals surface area contributed by atoms with Gasteiger partial charge in [-0.05, 0) is 55.4 Å². The van der Waals surface area contributed by atoms with Gasteiger partial charge < -0.3 is 42.1 Å². The Morgan fingerprint density at radius 3 is 1.71 bits per heavy atom. The Hall–Kier alpha value is -5.02. The molecule has 8 amide bonds. The summed E-state index contributed by atoms with van der Waals surface area (Å²) in [7, 11) is 0. The highest BCUT2D eigenvalue weighted by molar-refractivity contribution is 6.00. The highest BCUT2D eigenvalue weighted by atomic mass is 16.2. The summed E-state index contributed by atoms with van der Waals surface area (Å²) in [5.74, 6) is -6.07. The van der Waals surface area contributed by atoms with Crippen molar-refractivity contribution in [1.29, 1.82) is 0 Å². The fraction of sp³-hybridized carbons (Fsp3) is 0.650. The van der Waals surface area contributed by atoms with Gasteiger partial charge in [0.2, 0.25) is 47.3 Å². The lowest BCUT2D eigenvalue weighted by Crippen LogP contribution is -2.61. The largest absolute Gasteiger partial charge is 0.370 e. The van der Waals surface area contributed by atoms with Crippen molar-refractivity contribution < 1.29 is 38.4 Å². The molecule has 0 aromatic heterocycles. The van der Waals surface area contributed by atoms with Crippen molar-refractivity contribution >= 4 is 47.3 Å². The summed E-state index contributed by atoms with van der Waals surface area (Å²) in [6, 6.07) is 1.17. The summed E-state index contributed by atoms with van der Waals surface area (Å²) in [4.78, 5) is 113. The van der Waals surface area contributed by atoms with Gasteiger partial charge in [0, 0.05) is 19.5 Å². The van der Waals surface area contributed by atoms with E-state index in [1.54, 1.807) is 38.1 Å². The number of fused-ring (bicyclic) bond motifs is 2. The van der Waals surface area contributed by atoms with Crippen LogP contribution in [0.25, 0.3) is 0 Å². The molecule has 3 fully saturated rings. The first-order chi connectivity index (χ1) is 26.5. The Balaban J connectivity index is 1.79. The summed E-state index contributed by atoms with van der Waals surface area (Å²) in [5.41, 5.74) is 6.27. The van der Waals surface area contributed by atoms with Gasteiger partial charge in [-0.15, -0.1) is 0 Å². The first kappa shape index (κ1) is 43.7. The number of hydrogen-bond acceptors (Lipinski definition) is 8. The zero-order chi connectivity index (χ0) is 41.3. The lowest BCUT2D eigenvalue weighted by Gasteiger charge is -2.32. The van der Waals surface area contributed by atoms with Crippen LogP contribution in [0.1, 0.15) is 92.1 Å². The first-order valence-electron chi connectivity index (χ1n) is 20.0. The summed E-state index contributed by atoms with van der Waals surface area (Å²) >= 11 is 0. The van der Waals surface area contributed by atoms with Gasteiger partial charge in [-0.25, -0.2) is 0 Å². The Morgan fingerprint density at radius 2 is 1.18 bits per heavy atom. The van der Waals surface area contributed by atoms with Crippen LogP contribution in [0.15, 0.2) is 30.3 Å². The van der Waals surface area contributed by atoms with Crippen LogP contribution in [0.5, 0.6) is 0 Å². The number of amides is 8. The summed E-state index contributed by atoms with van der Waals surface area (Å²) in [5, 5.41) is 14.0. The maximum atomic E-state index is 14.3. The van der Waals surface area contributed by atoms with Gasteiger partial charge in [0.05, 0.1) is 6.42 Å². The monoisotopic (exact) mass is 780 g/mol. The second-order valence-corrected chi connectivity index (χ2v) is 16.2. The number of primary amides is 1. The molecule has 0 saturated carbocycles. The van der Waals surface area contributed by atoms with Crippen molar-refractivity contribution in [2.24, 2.45) is 23.5 Å². The van der Waals surface area contributed by atoms with Gasteiger partial charge in [-0.2, -0.15) is 0 Å². The molecule has 3 aliphatic heterocycles. The van der Waals surface area contributed by atoms with Crippen LogP contribution < -0.4 is 32.3 Å². The summed E-state index contributed by atoms with van der Waals surface area (Å²) < 4.78 is 0. The predicted molar refractivity (Wildman–Crippen MR) is 207 cm³/mol. The zero-order valence-electron chi connectivity index (χ0n) is 33.5. The van der Waals surface area contributed by atoms with Crippen LogP contribution >= 0.6 is 0 Å². The molecular weight excluding hydrogens is 720 g/mol. The third kappa shape index (κ3) is 11.1. The van der Waals surface area contributed by atoms with Crippen molar-refractivity contribution in [3.05, 3.63) is 35.9 Å². The van der Waals surface area contributed by atoms with E-state index >= 15 is 0 Å². The van der Waals surface area contributed by atoms with Gasteiger partial charge in [0.15, 0.2) is 0 Å². The van der Waals surface area contributed by atoms with Crippen molar-refractivity contribution in [3.8, 4) is 0 Å². The Kier molecular flexibility index (Phi) is 15.4. The topological polar surface area (TPSA) is 229 Å². The maximum Gasteiger partial charge on any atom is 0.246 e. The lowest BCUT2D eigenvalue weighted by molar-refractivity contribution is -0.144. The third-order valence-corrected chi connectivity index (χ3v) is 11.0. The van der Waals surface area contributed by atoms with E-state index in [1.165, 1.54) is 9.80 Å². The molecule has 1 aromatic rings. The second-order valence-electron chi connectivity index (χ2n) is 16.2. The fourth-order valence-electron chi connectivity index (χ4n) is 7.69. The average molecular weight is 781 g/mol. The molecular formula is C40H60N8O8. The van der Waals surface area contributed by atoms with Crippen LogP contribution in [0.2, 0.25) is 0 Å². The minimum atomic E-state index is -1.45. The van der Waals surface area contributed by atoms with Crippen LogP contribution in [0, 0.1) is 17.8 Å². The quantitative estimate of drug-likeness (QED) is 0.203. The molecule has 308 valence electrons. The molecule has 16 heteroatoms. The number of hydrogen-bond donors (Lipinski definition) is 6. The van der Waals surface area contributed by atoms with Gasteiger partial charge in [0.1, 0.15) is 42.3 Å². The zero-order valence-corrected chi connectivity index (χ0v) is 33.5. The third-order valence-electron chi connectivity index (χ3n) is 11.0. The molecule has 0 spiro atoms. The number of nitrogens with one attached hydrogen (secondary N) is 5. The molecule has 16 nitrogen and oxygen atoms in total. The Labute approximate surface area is 329 Å². The molecule has 3 aliphatic rings. The molecule has 56 heavy (non-hydrogen) atoms. The molecule has 0 bridgehead atoms. The average Bonchev–Trinajstić information content (AvgIpc) is 3.85. The van der Waals surface area contributed by atoms with Gasteiger partial charge in [-0.1, -0.05) is 78.3 Å². The normalized spacial score (nSPS) is 28.1. The van der Waals surface area contributed by atoms with Gasteiger partial charge in [0.25, 0.3) is 0 Å². The second kappa shape index (κ2) is 19.7. The highest BCUT2D eigenvalue weighted by Crippen LogP contribution is 2.23. The molecule has 3 saturated heterocycles. The number of nitrogens with zero attached hydrogens (tertiary/aromatic N) is 2.